The Kier molecular flexibility index (Phi) is 3.22. The van der Waals surface area contributed by atoms with E-state index in [9.17, 15) is 0 Å². The number of rotatable bonds is 3. The van der Waals surface area contributed by atoms with Gasteiger partial charge in [0.2, 0.25) is 0 Å². The minimum atomic E-state index is 0.347. The second kappa shape index (κ2) is 4.86. The molecule has 1 aliphatic rings. The maximum atomic E-state index is 6.01. The van der Waals surface area contributed by atoms with Gasteiger partial charge in [-0.15, -0.1) is 11.6 Å². The number of imidazole rings is 1. The number of ether oxygens (including phenoxy) is 1. The van der Waals surface area contributed by atoms with Crippen molar-refractivity contribution >= 4 is 22.8 Å². The van der Waals surface area contributed by atoms with E-state index in [0.29, 0.717) is 18.0 Å². The van der Waals surface area contributed by atoms with Crippen molar-refractivity contribution in [1.82, 2.24) is 14.5 Å². The van der Waals surface area contributed by atoms with Gasteiger partial charge >= 0.3 is 0 Å². The first-order valence-corrected chi connectivity index (χ1v) is 6.77. The number of pyridine rings is 1. The summed E-state index contributed by atoms with van der Waals surface area (Å²) >= 11 is 6.01. The third-order valence-electron chi connectivity index (χ3n) is 3.70. The van der Waals surface area contributed by atoms with Gasteiger partial charge in [0.25, 0.3) is 0 Å². The van der Waals surface area contributed by atoms with Crippen molar-refractivity contribution in [1.29, 1.82) is 0 Å². The average molecular weight is 266 g/mol. The molecule has 0 radical (unpaired) electrons. The molecule has 0 N–H and O–H groups in total. The topological polar surface area (TPSA) is 39.9 Å². The van der Waals surface area contributed by atoms with Gasteiger partial charge in [0.15, 0.2) is 5.65 Å². The molecule has 2 unspecified atom stereocenters. The molecule has 96 valence electrons. The van der Waals surface area contributed by atoms with Gasteiger partial charge in [0, 0.05) is 19.3 Å². The normalized spacial score (nSPS) is 23.9. The van der Waals surface area contributed by atoms with E-state index in [1.165, 1.54) is 0 Å². The van der Waals surface area contributed by atoms with Gasteiger partial charge in [-0.3, -0.25) is 0 Å². The molecular formula is C13H16ClN3O. The lowest BCUT2D eigenvalue weighted by molar-refractivity contribution is 0.106. The Balaban J connectivity index is 2.04. The number of alkyl halides is 1. The lowest BCUT2D eigenvalue weighted by atomic mass is 10.2. The van der Waals surface area contributed by atoms with Crippen LogP contribution in [-0.4, -0.2) is 27.7 Å². The Bertz CT molecular complexity index is 554. The second-order valence-corrected chi connectivity index (χ2v) is 4.97. The quantitative estimate of drug-likeness (QED) is 0.801. The molecule has 0 aromatic carbocycles. The minimum Gasteiger partial charge on any atom is -0.381 e. The van der Waals surface area contributed by atoms with Crippen molar-refractivity contribution < 1.29 is 4.74 Å². The first-order chi connectivity index (χ1) is 8.83. The molecule has 18 heavy (non-hydrogen) atoms. The molecule has 1 aliphatic carbocycles. The molecule has 0 bridgehead atoms. The van der Waals surface area contributed by atoms with Crippen molar-refractivity contribution in [3.8, 4) is 0 Å². The average Bonchev–Trinajstić information content (AvgIpc) is 3.01. The molecule has 1 saturated carbocycles. The second-order valence-electron chi connectivity index (χ2n) is 4.70. The number of aromatic nitrogens is 3. The maximum Gasteiger partial charge on any atom is 0.160 e. The SMILES string of the molecule is COC1CCC(n2c(CCl)nc3cccnc32)C1. The zero-order valence-electron chi connectivity index (χ0n) is 10.3. The van der Waals surface area contributed by atoms with Gasteiger partial charge in [-0.1, -0.05) is 0 Å². The summed E-state index contributed by atoms with van der Waals surface area (Å²) in [5, 5.41) is 0. The summed E-state index contributed by atoms with van der Waals surface area (Å²) in [5.41, 5.74) is 1.86. The molecule has 4 nitrogen and oxygen atoms in total. The fourth-order valence-corrected chi connectivity index (χ4v) is 3.01. The maximum absolute atomic E-state index is 6.01. The Hall–Kier alpha value is -1.13. The van der Waals surface area contributed by atoms with Crippen LogP contribution in [-0.2, 0) is 10.6 Å². The number of halogens is 1. The largest absolute Gasteiger partial charge is 0.381 e. The Morgan fingerprint density at radius 1 is 1.50 bits per heavy atom. The van der Waals surface area contributed by atoms with Crippen molar-refractivity contribution in [2.45, 2.75) is 37.3 Å². The third-order valence-corrected chi connectivity index (χ3v) is 3.94. The van der Waals surface area contributed by atoms with Crippen LogP contribution in [0, 0.1) is 0 Å². The molecule has 2 atom stereocenters. The fourth-order valence-electron chi connectivity index (χ4n) is 2.82. The summed E-state index contributed by atoms with van der Waals surface area (Å²) < 4.78 is 7.63. The summed E-state index contributed by atoms with van der Waals surface area (Å²) in [6.45, 7) is 0. The predicted molar refractivity (Wildman–Crippen MR) is 70.8 cm³/mol. The lowest BCUT2D eigenvalue weighted by Crippen LogP contribution is -2.11. The third kappa shape index (κ3) is 1.89. The molecule has 0 spiro atoms. The van der Waals surface area contributed by atoms with Gasteiger partial charge in [0.1, 0.15) is 11.3 Å². The van der Waals surface area contributed by atoms with E-state index in [0.717, 1.165) is 36.3 Å². The van der Waals surface area contributed by atoms with E-state index >= 15 is 0 Å². The van der Waals surface area contributed by atoms with Crippen molar-refractivity contribution in [2.24, 2.45) is 0 Å². The monoisotopic (exact) mass is 265 g/mol. The number of hydrogen-bond acceptors (Lipinski definition) is 3. The summed E-state index contributed by atoms with van der Waals surface area (Å²) in [7, 11) is 1.78. The van der Waals surface area contributed by atoms with Crippen LogP contribution in [0.1, 0.15) is 31.1 Å². The molecule has 3 rings (SSSR count). The van der Waals surface area contributed by atoms with E-state index in [1.54, 1.807) is 13.3 Å². The fraction of sp³-hybridized carbons (Fsp3) is 0.538. The van der Waals surface area contributed by atoms with Crippen LogP contribution in [0.15, 0.2) is 18.3 Å². The molecule has 0 aliphatic heterocycles. The van der Waals surface area contributed by atoms with Crippen LogP contribution in [0.2, 0.25) is 0 Å². The van der Waals surface area contributed by atoms with Crippen LogP contribution in [0.3, 0.4) is 0 Å². The highest BCUT2D eigenvalue weighted by Gasteiger charge is 2.28. The van der Waals surface area contributed by atoms with Crippen molar-refractivity contribution in [3.05, 3.63) is 24.2 Å². The van der Waals surface area contributed by atoms with Crippen LogP contribution in [0.25, 0.3) is 11.2 Å². The van der Waals surface area contributed by atoms with Crippen LogP contribution >= 0.6 is 11.6 Å². The summed E-state index contributed by atoms with van der Waals surface area (Å²) in [4.78, 5) is 9.00. The van der Waals surface area contributed by atoms with Gasteiger partial charge in [-0.2, -0.15) is 0 Å². The molecule has 0 saturated heterocycles. The standard InChI is InChI=1S/C13H16ClN3O/c1-18-10-5-4-9(7-10)17-12(8-14)16-11-3-2-6-15-13(11)17/h2-3,6,9-10H,4-5,7-8H2,1H3. The number of nitrogens with zero attached hydrogens (tertiary/aromatic N) is 3. The van der Waals surface area contributed by atoms with Crippen LogP contribution < -0.4 is 0 Å². The molecule has 2 heterocycles. The number of fused-ring (bicyclic) bond motifs is 1. The van der Waals surface area contributed by atoms with Crippen LogP contribution in [0.5, 0.6) is 0 Å². The summed E-state index contributed by atoms with van der Waals surface area (Å²) in [6.07, 6.45) is 5.36. The molecule has 1 fully saturated rings. The zero-order chi connectivity index (χ0) is 12.5. The first-order valence-electron chi connectivity index (χ1n) is 6.24. The van der Waals surface area contributed by atoms with E-state index in [4.69, 9.17) is 16.3 Å². The molecular weight excluding hydrogens is 250 g/mol. The summed E-state index contributed by atoms with van der Waals surface area (Å²) in [6, 6.07) is 4.30. The van der Waals surface area contributed by atoms with E-state index in [-0.39, 0.29) is 0 Å². The van der Waals surface area contributed by atoms with Gasteiger partial charge < -0.3 is 9.30 Å². The van der Waals surface area contributed by atoms with E-state index < -0.39 is 0 Å². The highest BCUT2D eigenvalue weighted by atomic mass is 35.5. The number of methoxy groups -OCH3 is 1. The van der Waals surface area contributed by atoms with E-state index in [1.807, 2.05) is 12.1 Å². The van der Waals surface area contributed by atoms with Crippen LogP contribution in [0.4, 0.5) is 0 Å². The van der Waals surface area contributed by atoms with Gasteiger partial charge in [-0.05, 0) is 31.4 Å². The zero-order valence-corrected chi connectivity index (χ0v) is 11.1. The minimum absolute atomic E-state index is 0.347. The Morgan fingerprint density at radius 3 is 3.11 bits per heavy atom. The van der Waals surface area contributed by atoms with Gasteiger partial charge in [0.05, 0.1) is 12.0 Å². The highest BCUT2D eigenvalue weighted by Crippen LogP contribution is 2.34. The Morgan fingerprint density at radius 2 is 2.39 bits per heavy atom. The molecule has 2 aromatic heterocycles. The smallest absolute Gasteiger partial charge is 0.160 e. The van der Waals surface area contributed by atoms with Gasteiger partial charge in [-0.25, -0.2) is 9.97 Å². The van der Waals surface area contributed by atoms with E-state index in [2.05, 4.69) is 14.5 Å². The predicted octanol–water partition coefficient (Wildman–Crippen LogP) is 2.91. The molecule has 5 heteroatoms. The van der Waals surface area contributed by atoms with Crippen molar-refractivity contribution in [3.63, 3.8) is 0 Å². The lowest BCUT2D eigenvalue weighted by Gasteiger charge is -2.15. The van der Waals surface area contributed by atoms with Crippen molar-refractivity contribution in [2.75, 3.05) is 7.11 Å². The first kappa shape index (κ1) is 11.9. The molecule has 0 amide bonds. The number of hydrogen-bond donors (Lipinski definition) is 0. The highest BCUT2D eigenvalue weighted by molar-refractivity contribution is 6.16. The molecule has 2 aromatic rings. The summed E-state index contributed by atoms with van der Waals surface area (Å²) in [5.74, 6) is 1.33. The Labute approximate surface area is 111 Å².